The second-order valence-electron chi connectivity index (χ2n) is 5.36. The lowest BCUT2D eigenvalue weighted by atomic mass is 10.1. The van der Waals surface area contributed by atoms with E-state index in [0.29, 0.717) is 22.9 Å². The third-order valence-electron chi connectivity index (χ3n) is 3.18. The average Bonchev–Trinajstić information content (AvgIpc) is 3.32. The van der Waals surface area contributed by atoms with E-state index >= 15 is 0 Å². The summed E-state index contributed by atoms with van der Waals surface area (Å²) in [6.45, 7) is 2.51. The number of thiazole rings is 1. The van der Waals surface area contributed by atoms with Crippen molar-refractivity contribution in [3.63, 3.8) is 0 Å². The van der Waals surface area contributed by atoms with Crippen LogP contribution in [0.3, 0.4) is 0 Å². The summed E-state index contributed by atoms with van der Waals surface area (Å²) >= 11 is 1.18. The molecular formula is C16H18N6O2S. The highest BCUT2D eigenvalue weighted by Gasteiger charge is 2.19. The topological polar surface area (TPSA) is 106 Å². The Hall–Kier alpha value is -2.81. The van der Waals surface area contributed by atoms with Gasteiger partial charge in [0.25, 0.3) is 0 Å². The van der Waals surface area contributed by atoms with Gasteiger partial charge in [-0.2, -0.15) is 4.80 Å². The zero-order chi connectivity index (χ0) is 17.6. The molecule has 0 spiro atoms. The molecule has 1 aromatic carbocycles. The van der Waals surface area contributed by atoms with Crippen molar-refractivity contribution >= 4 is 22.6 Å². The summed E-state index contributed by atoms with van der Waals surface area (Å²) in [5.74, 6) is 0.427. The first-order chi connectivity index (χ1) is 12.2. The molecule has 2 aromatic heterocycles. The lowest BCUT2D eigenvalue weighted by molar-refractivity contribution is 0.209. The molecule has 25 heavy (non-hydrogen) atoms. The number of carboxylic acid groups (broad SMARTS) is 1. The number of rotatable bonds is 4. The van der Waals surface area contributed by atoms with E-state index in [1.54, 1.807) is 0 Å². The lowest BCUT2D eigenvalue weighted by Crippen LogP contribution is -2.06. The van der Waals surface area contributed by atoms with Crippen LogP contribution in [-0.4, -0.2) is 36.4 Å². The molecule has 4 rings (SSSR count). The minimum Gasteiger partial charge on any atom is -0.465 e. The summed E-state index contributed by atoms with van der Waals surface area (Å²) in [5.41, 5.74) is 1.49. The predicted octanol–water partition coefficient (Wildman–Crippen LogP) is 3.74. The summed E-state index contributed by atoms with van der Waals surface area (Å²) < 4.78 is 0. The third-order valence-corrected chi connectivity index (χ3v) is 4.15. The number of hydrogen-bond acceptors (Lipinski definition) is 6. The quantitative estimate of drug-likeness (QED) is 0.736. The van der Waals surface area contributed by atoms with Crippen molar-refractivity contribution in [3.05, 3.63) is 30.3 Å². The number of nitrogens with zero attached hydrogens (tertiary/aromatic N) is 5. The van der Waals surface area contributed by atoms with Crippen LogP contribution in [0.5, 0.6) is 0 Å². The maximum absolute atomic E-state index is 10.8. The molecule has 1 amide bonds. The van der Waals surface area contributed by atoms with Gasteiger partial charge < -0.3 is 5.11 Å². The monoisotopic (exact) mass is 358 g/mol. The number of aromatic nitrogens is 5. The molecule has 2 heterocycles. The van der Waals surface area contributed by atoms with Crippen LogP contribution >= 0.6 is 11.3 Å². The molecule has 1 fully saturated rings. The minimum absolute atomic E-state index is 0.272. The molecule has 8 nitrogen and oxygen atoms in total. The Kier molecular flexibility index (Phi) is 5.34. The van der Waals surface area contributed by atoms with Crippen LogP contribution in [0.1, 0.15) is 26.2 Å². The van der Waals surface area contributed by atoms with Crippen LogP contribution in [-0.2, 0) is 6.54 Å². The van der Waals surface area contributed by atoms with Crippen LogP contribution < -0.4 is 5.32 Å². The number of hydrogen-bond donors (Lipinski definition) is 2. The first-order valence-electron chi connectivity index (χ1n) is 8.01. The highest BCUT2D eigenvalue weighted by Crippen LogP contribution is 2.37. The van der Waals surface area contributed by atoms with Crippen molar-refractivity contribution < 1.29 is 9.90 Å². The maximum Gasteiger partial charge on any atom is 0.410 e. The Bertz CT molecular complexity index is 841. The average molecular weight is 358 g/mol. The van der Waals surface area contributed by atoms with Crippen molar-refractivity contribution in [1.29, 1.82) is 0 Å². The second-order valence-corrected chi connectivity index (χ2v) is 6.35. The molecule has 0 atom stereocenters. The summed E-state index contributed by atoms with van der Waals surface area (Å²) in [5, 5.41) is 23.6. The normalized spacial score (nSPS) is 12.2. The van der Waals surface area contributed by atoms with Gasteiger partial charge in [-0.25, -0.2) is 9.78 Å². The molecule has 0 unspecified atom stereocenters. The van der Waals surface area contributed by atoms with Crippen LogP contribution in [0.2, 0.25) is 0 Å². The second kappa shape index (κ2) is 7.84. The van der Waals surface area contributed by atoms with E-state index in [0.717, 1.165) is 5.56 Å². The maximum atomic E-state index is 10.8. The Balaban J connectivity index is 0.000000549. The number of amides is 1. The fourth-order valence-corrected chi connectivity index (χ4v) is 2.78. The van der Waals surface area contributed by atoms with Crippen molar-refractivity contribution in [3.8, 4) is 22.0 Å². The number of anilines is 1. The largest absolute Gasteiger partial charge is 0.465 e. The number of benzene rings is 1. The van der Waals surface area contributed by atoms with Crippen molar-refractivity contribution in [1.82, 2.24) is 25.2 Å². The molecule has 2 N–H and O–H groups in total. The first-order valence-corrected chi connectivity index (χ1v) is 8.83. The van der Waals surface area contributed by atoms with Gasteiger partial charge in [-0.05, 0) is 12.1 Å². The number of nitrogens with one attached hydrogen (secondary N) is 1. The molecule has 0 aliphatic heterocycles. The SMILES string of the molecule is C1CC1.CCn1nnc(-c2sc(NC(=O)O)nc2-c2ccccc2)n1. The highest BCUT2D eigenvalue weighted by atomic mass is 32.1. The molecule has 3 aromatic rings. The standard InChI is InChI=1S/C13H12N6O2S.C3H6/c1-2-19-17-11(16-18-19)10-9(8-6-4-3-5-7-8)14-12(22-10)15-13(20)21;1-2-3-1/h3-7H,2H2,1H3,(H,14,15)(H,20,21);1-3H2. The van der Waals surface area contributed by atoms with Gasteiger partial charge in [-0.1, -0.05) is 60.9 Å². The molecule has 1 aliphatic carbocycles. The van der Waals surface area contributed by atoms with E-state index in [-0.39, 0.29) is 5.13 Å². The van der Waals surface area contributed by atoms with E-state index in [9.17, 15) is 4.79 Å². The summed E-state index contributed by atoms with van der Waals surface area (Å²) in [6, 6.07) is 9.47. The smallest absolute Gasteiger partial charge is 0.410 e. The van der Waals surface area contributed by atoms with Gasteiger partial charge in [0.05, 0.1) is 12.2 Å². The summed E-state index contributed by atoms with van der Waals surface area (Å²) in [6.07, 6.45) is 3.34. The molecular weight excluding hydrogens is 340 g/mol. The Morgan fingerprint density at radius 2 is 2.00 bits per heavy atom. The van der Waals surface area contributed by atoms with E-state index < -0.39 is 6.09 Å². The summed E-state index contributed by atoms with van der Waals surface area (Å²) in [4.78, 5) is 17.3. The van der Waals surface area contributed by atoms with Gasteiger partial charge in [0.15, 0.2) is 5.13 Å². The van der Waals surface area contributed by atoms with Crippen LogP contribution in [0.4, 0.5) is 9.93 Å². The number of aryl methyl sites for hydroxylation is 1. The van der Waals surface area contributed by atoms with Gasteiger partial charge in [0.2, 0.25) is 5.82 Å². The van der Waals surface area contributed by atoms with Crippen LogP contribution in [0.25, 0.3) is 22.0 Å². The minimum atomic E-state index is -1.16. The third kappa shape index (κ3) is 4.60. The molecule has 0 saturated heterocycles. The number of tetrazole rings is 1. The lowest BCUT2D eigenvalue weighted by Gasteiger charge is -1.98. The molecule has 130 valence electrons. The molecule has 0 bridgehead atoms. The molecule has 0 radical (unpaired) electrons. The molecule has 9 heteroatoms. The Morgan fingerprint density at radius 1 is 1.28 bits per heavy atom. The Morgan fingerprint density at radius 3 is 2.56 bits per heavy atom. The molecule has 1 saturated carbocycles. The van der Waals surface area contributed by atoms with E-state index in [1.807, 2.05) is 37.3 Å². The van der Waals surface area contributed by atoms with Crippen molar-refractivity contribution in [2.24, 2.45) is 0 Å². The predicted molar refractivity (Wildman–Crippen MR) is 95.5 cm³/mol. The zero-order valence-corrected chi connectivity index (χ0v) is 14.5. The van der Waals surface area contributed by atoms with Gasteiger partial charge in [-0.3, -0.25) is 5.32 Å². The van der Waals surface area contributed by atoms with Crippen molar-refractivity contribution in [2.75, 3.05) is 5.32 Å². The van der Waals surface area contributed by atoms with Gasteiger partial charge in [0, 0.05) is 5.56 Å². The summed E-state index contributed by atoms with van der Waals surface area (Å²) in [7, 11) is 0. The van der Waals surface area contributed by atoms with Gasteiger partial charge >= 0.3 is 6.09 Å². The Labute approximate surface area is 148 Å². The first kappa shape index (κ1) is 17.0. The fraction of sp³-hybridized carbons (Fsp3) is 0.312. The van der Waals surface area contributed by atoms with Crippen LogP contribution in [0, 0.1) is 0 Å². The fourth-order valence-electron chi connectivity index (χ4n) is 1.88. The number of carbonyl (C=O) groups is 1. The van der Waals surface area contributed by atoms with Gasteiger partial charge in [0.1, 0.15) is 4.88 Å². The molecule has 1 aliphatic rings. The van der Waals surface area contributed by atoms with Crippen molar-refractivity contribution in [2.45, 2.75) is 32.7 Å². The van der Waals surface area contributed by atoms with E-state index in [1.165, 1.54) is 35.4 Å². The highest BCUT2D eigenvalue weighted by molar-refractivity contribution is 7.19. The van der Waals surface area contributed by atoms with E-state index in [4.69, 9.17) is 5.11 Å². The van der Waals surface area contributed by atoms with E-state index in [2.05, 4.69) is 25.7 Å². The van der Waals surface area contributed by atoms with Gasteiger partial charge in [-0.15, -0.1) is 10.2 Å². The van der Waals surface area contributed by atoms with Crippen LogP contribution in [0.15, 0.2) is 30.3 Å². The zero-order valence-electron chi connectivity index (χ0n) is 13.7.